The van der Waals surface area contributed by atoms with Crippen molar-refractivity contribution in [1.29, 1.82) is 0 Å². The minimum atomic E-state index is 0.261. The molecule has 5 aliphatic rings. The van der Waals surface area contributed by atoms with Gasteiger partial charge in [0.1, 0.15) is 5.75 Å². The van der Waals surface area contributed by atoms with Crippen LogP contribution in [-0.4, -0.2) is 5.11 Å². The van der Waals surface area contributed by atoms with Crippen molar-refractivity contribution >= 4 is 96.7 Å². The van der Waals surface area contributed by atoms with Crippen molar-refractivity contribution in [3.63, 3.8) is 0 Å². The first kappa shape index (κ1) is 84.6. The van der Waals surface area contributed by atoms with Crippen molar-refractivity contribution in [1.82, 2.24) is 0 Å². The fraction of sp³-hybridized carbons (Fsp3) is 0.100. The maximum Gasteiger partial charge on any atom is 0.152 e. The summed E-state index contributed by atoms with van der Waals surface area (Å²) in [7, 11) is 0. The van der Waals surface area contributed by atoms with E-state index in [-0.39, 0.29) is 5.75 Å². The summed E-state index contributed by atoms with van der Waals surface area (Å²) < 4.78 is 6.30. The lowest BCUT2D eigenvalue weighted by atomic mass is 9.89. The van der Waals surface area contributed by atoms with Gasteiger partial charge in [-0.2, -0.15) is 0 Å². The van der Waals surface area contributed by atoms with Crippen molar-refractivity contribution in [3.05, 3.63) is 492 Å². The van der Waals surface area contributed by atoms with Crippen LogP contribution in [0.25, 0.3) is 33.4 Å². The third-order valence-electron chi connectivity index (χ3n) is 23.8. The first-order valence-corrected chi connectivity index (χ1v) is 44.9. The number of aryl methyl sites for hydroxylation is 2. The lowest BCUT2D eigenvalue weighted by Crippen LogP contribution is -2.19. The van der Waals surface area contributed by atoms with E-state index in [4.69, 9.17) is 4.74 Å². The first-order valence-electron chi connectivity index (χ1n) is 44.9. The number of rotatable bonds is 10. The Morgan fingerprint density at radius 1 is 0.211 bits per heavy atom. The van der Waals surface area contributed by atoms with Gasteiger partial charge in [-0.05, 0) is 285 Å². The minimum Gasteiger partial charge on any atom is -0.506 e. The molecule has 0 spiro atoms. The Bertz CT molecular complexity index is 6290. The summed E-state index contributed by atoms with van der Waals surface area (Å²) >= 11 is 0. The number of ether oxygens (including phenoxy) is 1. The van der Waals surface area contributed by atoms with Crippen LogP contribution in [0.4, 0.5) is 96.7 Å². The average molecular weight is 1660 g/mol. The molecule has 0 radical (unpaired) electrons. The number of hydrogen-bond acceptors (Lipinski definition) is 8. The summed E-state index contributed by atoms with van der Waals surface area (Å²) in [4.78, 5) is 11.9. The number of nitrogens with zero attached hydrogens (tertiary/aromatic N) is 5. The molecule has 2 N–H and O–H groups in total. The molecule has 5 aliphatic heterocycles. The number of benzene rings is 18. The van der Waals surface area contributed by atoms with Gasteiger partial charge in [0.15, 0.2) is 11.5 Å². The maximum absolute atomic E-state index is 9.51. The minimum absolute atomic E-state index is 0.261. The van der Waals surface area contributed by atoms with Crippen LogP contribution in [0.15, 0.2) is 437 Å². The highest BCUT2D eigenvalue weighted by molar-refractivity contribution is 5.93. The van der Waals surface area contributed by atoms with Crippen LogP contribution in [-0.2, 0) is 25.7 Å². The topological polar surface area (TPSA) is 57.7 Å². The molecule has 18 aromatic rings. The van der Waals surface area contributed by atoms with Gasteiger partial charge >= 0.3 is 0 Å². The predicted molar refractivity (Wildman–Crippen MR) is 542 cm³/mol. The highest BCUT2D eigenvalue weighted by Crippen LogP contribution is 2.54. The first-order chi connectivity index (χ1) is 63.2. The molecule has 128 heavy (non-hydrogen) atoms. The molecule has 0 unspecified atom stereocenters. The number of anilines is 17. The third-order valence-corrected chi connectivity index (χ3v) is 23.8. The number of phenols is 1. The standard InChI is InChI=1S/2C38H28N2.C26H21NO.C12H11NO.3C2H6/c2*1-3-13-33(14-4-1)39-35-17-9-7-11-29(35)25-31-23-27(19-21-37(31)39)28-20-22-38-32(24-28)26-30-12-8-10-18-36(30)40(38)34-15-5-2-6-16-34;1-18-12-13-20(16-19(18)2)21-14-15-24-26(17-21)28-25-11-7-6-10-23(25)27(24)22-8-4-3-5-9-22;14-12-9-5-4-8-11(12)13-10-6-2-1-3-7-10;3*1-2/h2*1-24H,25-26H2;3-17H,1-2H3;1-9,13-14H;3*1-2H3. The van der Waals surface area contributed by atoms with E-state index in [0.29, 0.717) is 0 Å². The zero-order valence-corrected chi connectivity index (χ0v) is 74.0. The highest BCUT2D eigenvalue weighted by atomic mass is 16.5. The van der Waals surface area contributed by atoms with Gasteiger partial charge in [0.05, 0.1) is 17.1 Å². The Kier molecular flexibility index (Phi) is 26.1. The molecule has 8 heteroatoms. The van der Waals surface area contributed by atoms with E-state index in [9.17, 15) is 5.11 Å². The van der Waals surface area contributed by atoms with Crippen LogP contribution in [0.5, 0.6) is 17.2 Å². The normalized spacial score (nSPS) is 12.1. The second-order valence-corrected chi connectivity index (χ2v) is 31.5. The Balaban J connectivity index is 0.000000123. The Morgan fingerprint density at radius 3 is 0.805 bits per heavy atom. The van der Waals surface area contributed by atoms with Crippen LogP contribution >= 0.6 is 0 Å². The number of aromatic hydroxyl groups is 1. The van der Waals surface area contributed by atoms with E-state index in [1.165, 1.54) is 152 Å². The Morgan fingerprint density at radius 2 is 0.461 bits per heavy atom. The van der Waals surface area contributed by atoms with E-state index >= 15 is 0 Å². The van der Waals surface area contributed by atoms with Gasteiger partial charge in [0.25, 0.3) is 0 Å². The van der Waals surface area contributed by atoms with E-state index < -0.39 is 0 Å². The van der Waals surface area contributed by atoms with E-state index in [0.717, 1.165) is 71.2 Å². The molecule has 0 amide bonds. The van der Waals surface area contributed by atoms with Crippen molar-refractivity contribution in [3.8, 4) is 50.6 Å². The van der Waals surface area contributed by atoms with Crippen molar-refractivity contribution in [2.75, 3.05) is 29.8 Å². The third kappa shape index (κ3) is 17.8. The maximum atomic E-state index is 9.51. The molecular formula is C120H106N6O2. The molecule has 0 atom stereocenters. The summed E-state index contributed by atoms with van der Waals surface area (Å²) in [5, 5.41) is 12.6. The van der Waals surface area contributed by atoms with Crippen molar-refractivity contribution in [2.45, 2.75) is 81.1 Å². The number of hydrogen-bond donors (Lipinski definition) is 2. The van der Waals surface area contributed by atoms with Gasteiger partial charge in [0, 0.05) is 105 Å². The van der Waals surface area contributed by atoms with E-state index in [1.54, 1.807) is 12.1 Å². The average Bonchev–Trinajstić information content (AvgIpc) is 0.747. The van der Waals surface area contributed by atoms with Crippen molar-refractivity contribution < 1.29 is 9.84 Å². The lowest BCUT2D eigenvalue weighted by Gasteiger charge is -2.34. The molecule has 628 valence electrons. The molecular weight excluding hydrogens is 1560 g/mol. The summed E-state index contributed by atoms with van der Waals surface area (Å²) in [5.74, 6) is 2.01. The van der Waals surface area contributed by atoms with Gasteiger partial charge in [-0.15, -0.1) is 0 Å². The van der Waals surface area contributed by atoms with Gasteiger partial charge < -0.3 is 39.7 Å². The number of phenolic OH excluding ortho intramolecular Hbond substituents is 1. The smallest absolute Gasteiger partial charge is 0.152 e. The molecule has 0 bridgehead atoms. The van der Waals surface area contributed by atoms with Crippen LogP contribution in [0.2, 0.25) is 0 Å². The molecule has 18 aromatic carbocycles. The van der Waals surface area contributed by atoms with Gasteiger partial charge in [-0.3, -0.25) is 0 Å². The molecule has 0 saturated heterocycles. The number of para-hydroxylation sites is 14. The highest BCUT2D eigenvalue weighted by Gasteiger charge is 2.31. The molecule has 0 fully saturated rings. The van der Waals surface area contributed by atoms with E-state index in [1.807, 2.05) is 108 Å². The van der Waals surface area contributed by atoms with E-state index in [2.05, 4.69) is 402 Å². The number of fused-ring (bicyclic) bond motifs is 10. The summed E-state index contributed by atoms with van der Waals surface area (Å²) in [6, 6.07) is 154. The van der Waals surface area contributed by atoms with Gasteiger partial charge in [0.2, 0.25) is 0 Å². The van der Waals surface area contributed by atoms with Crippen molar-refractivity contribution in [2.24, 2.45) is 0 Å². The van der Waals surface area contributed by atoms with Crippen LogP contribution < -0.4 is 34.6 Å². The summed E-state index contributed by atoms with van der Waals surface area (Å²) in [5.41, 5.74) is 40.7. The fourth-order valence-electron chi connectivity index (χ4n) is 17.7. The van der Waals surface area contributed by atoms with Gasteiger partial charge in [-0.25, -0.2) is 0 Å². The van der Waals surface area contributed by atoms with Crippen LogP contribution in [0.1, 0.15) is 97.2 Å². The second-order valence-electron chi connectivity index (χ2n) is 31.5. The Hall–Kier alpha value is -15.6. The van der Waals surface area contributed by atoms with Crippen LogP contribution in [0, 0.1) is 13.8 Å². The zero-order valence-electron chi connectivity index (χ0n) is 74.0. The zero-order chi connectivity index (χ0) is 87.8. The molecule has 8 nitrogen and oxygen atoms in total. The predicted octanol–water partition coefficient (Wildman–Crippen LogP) is 34.0. The molecule has 23 rings (SSSR count). The number of nitrogens with one attached hydrogen (secondary N) is 1. The summed E-state index contributed by atoms with van der Waals surface area (Å²) in [6.07, 6.45) is 3.73. The quantitative estimate of drug-likeness (QED) is 0.131. The van der Waals surface area contributed by atoms with Gasteiger partial charge in [-0.1, -0.05) is 296 Å². The second kappa shape index (κ2) is 39.5. The fourth-order valence-corrected chi connectivity index (χ4v) is 17.7. The molecule has 0 aliphatic carbocycles. The Labute approximate surface area is 755 Å². The SMILES string of the molecule is CC.CC.CC.Cc1ccc(-c2ccc3c(c2)Oc2ccccc2N3c2ccccc2)cc1C.Oc1ccccc1Nc1ccccc1.c1ccc(N2c3ccccc3Cc3cc(-c4ccc5c(c4)Cc4ccccc4N5c4ccccc4)ccc32)cc1.c1ccc(N2c3ccccc3Cc3cc(-c4ccc5c(c4)Cc4ccccc4N5c4ccccc4)ccc32)cc1. The summed E-state index contributed by atoms with van der Waals surface area (Å²) in [6.45, 7) is 16.3. The largest absolute Gasteiger partial charge is 0.506 e. The van der Waals surface area contributed by atoms with Crippen LogP contribution in [0.3, 0.4) is 0 Å². The lowest BCUT2D eigenvalue weighted by molar-refractivity contribution is 0.477. The monoisotopic (exact) mass is 1660 g/mol. The molecule has 0 saturated carbocycles. The molecule has 5 heterocycles. The molecule has 0 aromatic heterocycles.